The van der Waals surface area contributed by atoms with Crippen molar-refractivity contribution in [3.63, 3.8) is 0 Å². The molecule has 1 N–H and O–H groups in total. The molecule has 1 amide bonds. The van der Waals surface area contributed by atoms with Crippen LogP contribution in [0.5, 0.6) is 5.75 Å². The van der Waals surface area contributed by atoms with Crippen LogP contribution in [0.3, 0.4) is 0 Å². The topological polar surface area (TPSA) is 67.6 Å². The molecule has 0 aliphatic rings. The zero-order valence-corrected chi connectivity index (χ0v) is 19.1. The summed E-state index contributed by atoms with van der Waals surface area (Å²) in [6.07, 6.45) is 0.844. The van der Waals surface area contributed by atoms with E-state index in [1.54, 1.807) is 19.2 Å². The summed E-state index contributed by atoms with van der Waals surface area (Å²) in [4.78, 5) is 18.6. The summed E-state index contributed by atoms with van der Waals surface area (Å²) >= 11 is 13.3. The van der Waals surface area contributed by atoms with Crippen LogP contribution < -0.4 is 10.1 Å². The van der Waals surface area contributed by atoms with Gasteiger partial charge in [-0.25, -0.2) is 4.98 Å². The second kappa shape index (κ2) is 10.9. The van der Waals surface area contributed by atoms with E-state index in [0.717, 1.165) is 30.6 Å². The van der Waals surface area contributed by atoms with Gasteiger partial charge >= 0.3 is 0 Å². The summed E-state index contributed by atoms with van der Waals surface area (Å²) in [6, 6.07) is 11.1. The lowest BCUT2D eigenvalue weighted by Gasteiger charge is -2.17. The van der Waals surface area contributed by atoms with Crippen LogP contribution >= 0.6 is 35.0 Å². The highest BCUT2D eigenvalue weighted by atomic mass is 35.5. The van der Waals surface area contributed by atoms with E-state index in [2.05, 4.69) is 15.2 Å². The van der Waals surface area contributed by atoms with E-state index in [0.29, 0.717) is 33.1 Å². The smallest absolute Gasteiger partial charge is 0.257 e. The first kappa shape index (κ1) is 22.7. The number of benzene rings is 2. The summed E-state index contributed by atoms with van der Waals surface area (Å²) in [5.41, 5.74) is 2.48. The van der Waals surface area contributed by atoms with Gasteiger partial charge in [0.2, 0.25) is 5.91 Å². The number of methoxy groups -OCH3 is 1. The molecule has 0 unspecified atom stereocenters. The van der Waals surface area contributed by atoms with Crippen LogP contribution in [0.2, 0.25) is 10.0 Å². The van der Waals surface area contributed by atoms with Gasteiger partial charge in [0.25, 0.3) is 5.22 Å². The Morgan fingerprint density at radius 1 is 1.23 bits per heavy atom. The molecule has 160 valence electrons. The zero-order valence-electron chi connectivity index (χ0n) is 16.8. The fraction of sp³-hybridized carbons (Fsp3) is 0.333. The van der Waals surface area contributed by atoms with Crippen LogP contribution in [-0.2, 0) is 11.3 Å². The molecular weight excluding hydrogens is 445 g/mol. The number of oxazole rings is 1. The van der Waals surface area contributed by atoms with Crippen molar-refractivity contribution in [1.82, 2.24) is 15.2 Å². The fourth-order valence-corrected chi connectivity index (χ4v) is 3.85. The van der Waals surface area contributed by atoms with Crippen molar-refractivity contribution in [2.24, 2.45) is 0 Å². The molecule has 0 bridgehead atoms. The first-order valence-electron chi connectivity index (χ1n) is 9.41. The van der Waals surface area contributed by atoms with E-state index in [1.807, 2.05) is 31.3 Å². The molecule has 0 saturated carbocycles. The van der Waals surface area contributed by atoms with Crippen LogP contribution in [0.4, 0.5) is 0 Å². The van der Waals surface area contributed by atoms with Gasteiger partial charge in [-0.1, -0.05) is 41.0 Å². The van der Waals surface area contributed by atoms with Gasteiger partial charge in [0, 0.05) is 19.2 Å². The van der Waals surface area contributed by atoms with Crippen LogP contribution in [-0.4, -0.2) is 48.8 Å². The highest BCUT2D eigenvalue weighted by Crippen LogP contribution is 2.26. The number of amides is 1. The molecule has 6 nitrogen and oxygen atoms in total. The Hall–Kier alpha value is -1.93. The molecule has 0 spiro atoms. The van der Waals surface area contributed by atoms with Crippen molar-refractivity contribution < 1.29 is 13.9 Å². The predicted octanol–water partition coefficient (Wildman–Crippen LogP) is 4.87. The highest BCUT2D eigenvalue weighted by Gasteiger charge is 2.10. The number of rotatable bonds is 10. The van der Waals surface area contributed by atoms with E-state index in [4.69, 9.17) is 32.4 Å². The third kappa shape index (κ3) is 6.54. The van der Waals surface area contributed by atoms with Gasteiger partial charge < -0.3 is 19.4 Å². The standard InChI is InChI=1S/C21H23Cl2N3O3S/c1-26(12-14-4-6-16(22)17(23)10-14)9-3-8-24-20(27)13-30-21-25-18-7-5-15(28-2)11-19(18)29-21/h4-7,10-11H,3,8-9,12-13H2,1-2H3,(H,24,27). The molecular formula is C21H23Cl2N3O3S. The number of thioether (sulfide) groups is 1. The number of carbonyl (C=O) groups is 1. The lowest BCUT2D eigenvalue weighted by Crippen LogP contribution is -2.29. The highest BCUT2D eigenvalue weighted by molar-refractivity contribution is 7.99. The molecule has 1 heterocycles. The van der Waals surface area contributed by atoms with Crippen LogP contribution in [0, 0.1) is 0 Å². The minimum absolute atomic E-state index is 0.0491. The first-order chi connectivity index (χ1) is 14.4. The number of halogens is 2. The van der Waals surface area contributed by atoms with Gasteiger partial charge in [-0.15, -0.1) is 0 Å². The van der Waals surface area contributed by atoms with Crippen LogP contribution in [0.15, 0.2) is 46.0 Å². The maximum atomic E-state index is 12.1. The predicted molar refractivity (Wildman–Crippen MR) is 122 cm³/mol. The SMILES string of the molecule is COc1ccc2nc(SCC(=O)NCCCN(C)Cc3ccc(Cl)c(Cl)c3)oc2c1. The molecule has 0 aliphatic heterocycles. The molecule has 2 aromatic carbocycles. The van der Waals surface area contributed by atoms with Gasteiger partial charge in [-0.3, -0.25) is 4.79 Å². The maximum Gasteiger partial charge on any atom is 0.257 e. The minimum atomic E-state index is -0.0491. The zero-order chi connectivity index (χ0) is 21.5. The van der Waals surface area contributed by atoms with E-state index < -0.39 is 0 Å². The van der Waals surface area contributed by atoms with Crippen molar-refractivity contribution in [3.8, 4) is 5.75 Å². The molecule has 0 atom stereocenters. The van der Waals surface area contributed by atoms with Crippen molar-refractivity contribution >= 4 is 52.0 Å². The number of ether oxygens (including phenoxy) is 1. The molecule has 3 rings (SSSR count). The van der Waals surface area contributed by atoms with Gasteiger partial charge in [0.15, 0.2) is 5.58 Å². The van der Waals surface area contributed by atoms with Crippen molar-refractivity contribution in [2.45, 2.75) is 18.2 Å². The second-order valence-corrected chi connectivity index (χ2v) is 8.53. The third-order valence-corrected chi connectivity index (χ3v) is 5.95. The van der Waals surface area contributed by atoms with Crippen molar-refractivity contribution in [1.29, 1.82) is 0 Å². The number of hydrogen-bond acceptors (Lipinski definition) is 6. The number of carbonyl (C=O) groups excluding carboxylic acids is 1. The van der Waals surface area contributed by atoms with E-state index in [-0.39, 0.29) is 11.7 Å². The molecule has 0 radical (unpaired) electrons. The average molecular weight is 468 g/mol. The summed E-state index contributed by atoms with van der Waals surface area (Å²) in [5.74, 6) is 0.910. The second-order valence-electron chi connectivity index (χ2n) is 6.79. The van der Waals surface area contributed by atoms with Gasteiger partial charge in [0.05, 0.1) is 22.9 Å². The lowest BCUT2D eigenvalue weighted by molar-refractivity contribution is -0.118. The Balaban J connectivity index is 1.35. The molecule has 0 fully saturated rings. The number of nitrogens with zero attached hydrogens (tertiary/aromatic N) is 2. The summed E-state index contributed by atoms with van der Waals surface area (Å²) < 4.78 is 10.8. The Labute approximate surface area is 189 Å². The van der Waals surface area contributed by atoms with E-state index >= 15 is 0 Å². The number of fused-ring (bicyclic) bond motifs is 1. The van der Waals surface area contributed by atoms with Crippen molar-refractivity contribution in [2.75, 3.05) is 33.0 Å². The van der Waals surface area contributed by atoms with Crippen LogP contribution in [0.1, 0.15) is 12.0 Å². The molecule has 3 aromatic rings. The molecule has 0 aliphatic carbocycles. The molecule has 9 heteroatoms. The Morgan fingerprint density at radius 3 is 2.83 bits per heavy atom. The Morgan fingerprint density at radius 2 is 2.07 bits per heavy atom. The van der Waals surface area contributed by atoms with Crippen molar-refractivity contribution in [3.05, 3.63) is 52.0 Å². The number of hydrogen-bond donors (Lipinski definition) is 1. The third-order valence-electron chi connectivity index (χ3n) is 4.38. The number of aromatic nitrogens is 1. The quantitative estimate of drug-likeness (QED) is 0.338. The summed E-state index contributed by atoms with van der Waals surface area (Å²) in [7, 11) is 3.63. The van der Waals surface area contributed by atoms with E-state index in [1.165, 1.54) is 11.8 Å². The van der Waals surface area contributed by atoms with Gasteiger partial charge in [-0.05, 0) is 49.8 Å². The van der Waals surface area contributed by atoms with Gasteiger partial charge in [-0.2, -0.15) is 0 Å². The van der Waals surface area contributed by atoms with Gasteiger partial charge in [0.1, 0.15) is 11.3 Å². The molecule has 1 aromatic heterocycles. The lowest BCUT2D eigenvalue weighted by atomic mass is 10.2. The van der Waals surface area contributed by atoms with E-state index in [9.17, 15) is 4.79 Å². The Bertz CT molecular complexity index is 1010. The molecule has 30 heavy (non-hydrogen) atoms. The monoisotopic (exact) mass is 467 g/mol. The summed E-state index contributed by atoms with van der Waals surface area (Å²) in [5, 5.41) is 4.51. The minimum Gasteiger partial charge on any atom is -0.497 e. The Kier molecular flexibility index (Phi) is 8.27. The molecule has 0 saturated heterocycles. The maximum absolute atomic E-state index is 12.1. The van der Waals surface area contributed by atoms with Crippen LogP contribution in [0.25, 0.3) is 11.1 Å². The normalized spacial score (nSPS) is 11.2. The number of nitrogens with one attached hydrogen (secondary N) is 1. The largest absolute Gasteiger partial charge is 0.497 e. The average Bonchev–Trinajstić information content (AvgIpc) is 3.14. The fourth-order valence-electron chi connectivity index (χ4n) is 2.86. The summed E-state index contributed by atoms with van der Waals surface area (Å²) in [6.45, 7) is 2.22. The first-order valence-corrected chi connectivity index (χ1v) is 11.2.